The monoisotopic (exact) mass is 498 g/mol. The van der Waals surface area contributed by atoms with Crippen LogP contribution in [0.2, 0.25) is 0 Å². The summed E-state index contributed by atoms with van der Waals surface area (Å²) in [4.78, 5) is 7.04. The number of nitrogens with zero attached hydrogens (tertiary/aromatic N) is 5. The van der Waals surface area contributed by atoms with Crippen molar-refractivity contribution < 1.29 is 0 Å². The second-order valence-corrected chi connectivity index (χ2v) is 6.98. The minimum atomic E-state index is 0. The first kappa shape index (κ1) is 24.4. The van der Waals surface area contributed by atoms with Gasteiger partial charge >= 0.3 is 0 Å². The smallest absolute Gasteiger partial charge is 0.194 e. The molecule has 1 atom stereocenters. The lowest BCUT2D eigenvalue weighted by Crippen LogP contribution is -2.43. The Morgan fingerprint density at radius 3 is 2.43 bits per heavy atom. The van der Waals surface area contributed by atoms with Crippen molar-refractivity contribution in [2.75, 3.05) is 13.6 Å². The molecular formula is C21H35IN6. The molecule has 156 valence electrons. The predicted molar refractivity (Wildman–Crippen MR) is 127 cm³/mol. The van der Waals surface area contributed by atoms with Gasteiger partial charge in [0, 0.05) is 32.6 Å². The Hall–Kier alpha value is -1.64. The number of rotatable bonds is 9. The average molecular weight is 498 g/mol. The summed E-state index contributed by atoms with van der Waals surface area (Å²) in [7, 11) is 2.10. The third kappa shape index (κ3) is 7.41. The molecule has 1 N–H and O–H groups in total. The molecule has 0 fully saturated rings. The van der Waals surface area contributed by atoms with Gasteiger partial charge in [0.25, 0.3) is 0 Å². The standard InChI is InChI=1S/C21H34N6.HI/c1-6-17(4)24-21(22-13-14-27-16-23-25-20(27)8-3)26(5)15-19-11-9-18(7-2)10-12-19;/h9-12,16-17H,6-8,13-15H2,1-5H3,(H,22,24);1H. The summed E-state index contributed by atoms with van der Waals surface area (Å²) in [6.07, 6.45) is 4.80. The van der Waals surface area contributed by atoms with Crippen molar-refractivity contribution in [1.82, 2.24) is 25.0 Å². The quantitative estimate of drug-likeness (QED) is 0.324. The zero-order valence-electron chi connectivity index (χ0n) is 17.9. The van der Waals surface area contributed by atoms with Crippen molar-refractivity contribution in [3.05, 3.63) is 47.5 Å². The van der Waals surface area contributed by atoms with Crippen LogP contribution in [0.1, 0.15) is 51.1 Å². The molecule has 1 aromatic heterocycles. The highest BCUT2D eigenvalue weighted by Crippen LogP contribution is 2.08. The van der Waals surface area contributed by atoms with Crippen LogP contribution in [-0.2, 0) is 25.9 Å². The Bertz CT molecular complexity index is 710. The maximum absolute atomic E-state index is 4.85. The maximum Gasteiger partial charge on any atom is 0.194 e. The molecule has 1 aromatic carbocycles. The summed E-state index contributed by atoms with van der Waals surface area (Å²) < 4.78 is 2.08. The molecule has 2 aromatic rings. The minimum absolute atomic E-state index is 0. The molecule has 0 saturated carbocycles. The lowest BCUT2D eigenvalue weighted by Gasteiger charge is -2.25. The molecule has 1 unspecified atom stereocenters. The van der Waals surface area contributed by atoms with Crippen LogP contribution in [0.25, 0.3) is 0 Å². The zero-order chi connectivity index (χ0) is 19.6. The number of aliphatic imine (C=N–C) groups is 1. The lowest BCUT2D eigenvalue weighted by molar-refractivity contribution is 0.458. The van der Waals surface area contributed by atoms with Gasteiger partial charge in [-0.1, -0.05) is 45.0 Å². The molecule has 6 nitrogen and oxygen atoms in total. The minimum Gasteiger partial charge on any atom is -0.354 e. The lowest BCUT2D eigenvalue weighted by atomic mass is 10.1. The van der Waals surface area contributed by atoms with Gasteiger partial charge in [0.15, 0.2) is 5.96 Å². The summed E-state index contributed by atoms with van der Waals surface area (Å²) in [5.74, 6) is 1.95. The van der Waals surface area contributed by atoms with Crippen molar-refractivity contribution in [1.29, 1.82) is 0 Å². The van der Waals surface area contributed by atoms with Gasteiger partial charge < -0.3 is 14.8 Å². The van der Waals surface area contributed by atoms with Gasteiger partial charge in [-0.15, -0.1) is 34.2 Å². The first-order valence-electron chi connectivity index (χ1n) is 10.0. The summed E-state index contributed by atoms with van der Waals surface area (Å²) in [6.45, 7) is 11.0. The molecule has 1 heterocycles. The summed E-state index contributed by atoms with van der Waals surface area (Å²) >= 11 is 0. The number of hydrogen-bond acceptors (Lipinski definition) is 3. The second kappa shape index (κ2) is 12.7. The Labute approximate surface area is 186 Å². The van der Waals surface area contributed by atoms with Crippen LogP contribution in [0.5, 0.6) is 0 Å². The van der Waals surface area contributed by atoms with Crippen molar-refractivity contribution in [3.63, 3.8) is 0 Å². The van der Waals surface area contributed by atoms with E-state index in [0.29, 0.717) is 12.6 Å². The number of aryl methyl sites for hydroxylation is 2. The van der Waals surface area contributed by atoms with Crippen molar-refractivity contribution in [2.24, 2.45) is 4.99 Å². The van der Waals surface area contributed by atoms with Crippen LogP contribution in [0.3, 0.4) is 0 Å². The average Bonchev–Trinajstić information content (AvgIpc) is 3.15. The van der Waals surface area contributed by atoms with Crippen LogP contribution >= 0.6 is 24.0 Å². The SMILES string of the molecule is CCc1ccc(CN(C)C(=NCCn2cnnc2CC)NC(C)CC)cc1.I. The fourth-order valence-electron chi connectivity index (χ4n) is 2.83. The highest BCUT2D eigenvalue weighted by molar-refractivity contribution is 14.0. The van der Waals surface area contributed by atoms with E-state index in [9.17, 15) is 0 Å². The number of nitrogens with one attached hydrogen (secondary N) is 1. The van der Waals surface area contributed by atoms with E-state index < -0.39 is 0 Å². The van der Waals surface area contributed by atoms with E-state index in [-0.39, 0.29) is 24.0 Å². The van der Waals surface area contributed by atoms with Crippen LogP contribution in [-0.4, -0.2) is 45.3 Å². The highest BCUT2D eigenvalue weighted by atomic mass is 127. The van der Waals surface area contributed by atoms with Gasteiger partial charge in [0.2, 0.25) is 0 Å². The molecule has 0 aliphatic carbocycles. The first-order chi connectivity index (χ1) is 13.1. The van der Waals surface area contributed by atoms with Crippen molar-refractivity contribution >= 4 is 29.9 Å². The number of hydrogen-bond donors (Lipinski definition) is 1. The Kier molecular flexibility index (Phi) is 11.1. The van der Waals surface area contributed by atoms with Gasteiger partial charge in [0.05, 0.1) is 6.54 Å². The van der Waals surface area contributed by atoms with Gasteiger partial charge in [-0.2, -0.15) is 0 Å². The molecule has 2 rings (SSSR count). The molecule has 28 heavy (non-hydrogen) atoms. The van der Waals surface area contributed by atoms with Crippen LogP contribution < -0.4 is 5.32 Å². The maximum atomic E-state index is 4.85. The summed E-state index contributed by atoms with van der Waals surface area (Å²) in [5, 5.41) is 11.7. The molecule has 0 saturated heterocycles. The molecule has 0 aliphatic heterocycles. The number of benzene rings is 1. The molecule has 0 amide bonds. The van der Waals surface area contributed by atoms with E-state index in [1.807, 2.05) is 0 Å². The molecule has 0 bridgehead atoms. The van der Waals surface area contributed by atoms with Gasteiger partial charge in [-0.25, -0.2) is 0 Å². The van der Waals surface area contributed by atoms with Gasteiger partial charge in [-0.3, -0.25) is 4.99 Å². The first-order valence-corrected chi connectivity index (χ1v) is 10.0. The highest BCUT2D eigenvalue weighted by Gasteiger charge is 2.10. The van der Waals surface area contributed by atoms with E-state index in [1.165, 1.54) is 11.1 Å². The Balaban J connectivity index is 0.00000392. The molecule has 7 heteroatoms. The van der Waals surface area contributed by atoms with Crippen molar-refractivity contribution in [2.45, 2.75) is 66.1 Å². The number of aromatic nitrogens is 3. The second-order valence-electron chi connectivity index (χ2n) is 6.98. The van der Waals surface area contributed by atoms with Crippen LogP contribution in [0.4, 0.5) is 0 Å². The van der Waals surface area contributed by atoms with Crippen molar-refractivity contribution in [3.8, 4) is 0 Å². The molecule has 0 aliphatic rings. The van der Waals surface area contributed by atoms with E-state index in [1.54, 1.807) is 6.33 Å². The van der Waals surface area contributed by atoms with Gasteiger partial charge in [-0.05, 0) is 30.9 Å². The predicted octanol–water partition coefficient (Wildman–Crippen LogP) is 3.90. The van der Waals surface area contributed by atoms with Crippen LogP contribution in [0.15, 0.2) is 35.6 Å². The largest absolute Gasteiger partial charge is 0.354 e. The molecule has 0 spiro atoms. The molecular weight excluding hydrogens is 463 g/mol. The Morgan fingerprint density at radius 2 is 1.82 bits per heavy atom. The Morgan fingerprint density at radius 1 is 1.14 bits per heavy atom. The zero-order valence-corrected chi connectivity index (χ0v) is 20.2. The number of halogens is 1. The topological polar surface area (TPSA) is 58.3 Å². The fraction of sp³-hybridized carbons (Fsp3) is 0.571. The fourth-order valence-corrected chi connectivity index (χ4v) is 2.83. The normalized spacial score (nSPS) is 12.4. The molecule has 0 radical (unpaired) electrons. The third-order valence-electron chi connectivity index (χ3n) is 4.81. The van der Waals surface area contributed by atoms with E-state index in [4.69, 9.17) is 4.99 Å². The number of guanidine groups is 1. The summed E-state index contributed by atoms with van der Waals surface area (Å²) in [6, 6.07) is 9.22. The third-order valence-corrected chi connectivity index (χ3v) is 4.81. The van der Waals surface area contributed by atoms with E-state index in [0.717, 1.165) is 44.1 Å². The van der Waals surface area contributed by atoms with E-state index in [2.05, 4.69) is 84.0 Å². The van der Waals surface area contributed by atoms with E-state index >= 15 is 0 Å². The summed E-state index contributed by atoms with van der Waals surface area (Å²) in [5.41, 5.74) is 2.66. The van der Waals surface area contributed by atoms with Gasteiger partial charge in [0.1, 0.15) is 12.2 Å². The van der Waals surface area contributed by atoms with Crippen LogP contribution in [0, 0.1) is 0 Å².